The molecule has 2 heterocycles. The third-order valence-electron chi connectivity index (χ3n) is 7.29. The van der Waals surface area contributed by atoms with Crippen molar-refractivity contribution in [3.63, 3.8) is 0 Å². The maximum Gasteiger partial charge on any atom is 0.256 e. The van der Waals surface area contributed by atoms with Crippen molar-refractivity contribution in [2.75, 3.05) is 36.4 Å². The minimum atomic E-state index is -0.160. The number of nitrogens with one attached hydrogen (secondary N) is 1. The van der Waals surface area contributed by atoms with E-state index in [4.69, 9.17) is 0 Å². The molecule has 0 atom stereocenters. The number of anilines is 2. The second kappa shape index (κ2) is 9.88. The van der Waals surface area contributed by atoms with Crippen molar-refractivity contribution in [1.82, 2.24) is 4.90 Å². The van der Waals surface area contributed by atoms with Gasteiger partial charge in [0.25, 0.3) is 11.8 Å². The van der Waals surface area contributed by atoms with Gasteiger partial charge < -0.3 is 15.1 Å². The third kappa shape index (κ3) is 4.65. The second-order valence-electron chi connectivity index (χ2n) is 9.74. The van der Waals surface area contributed by atoms with E-state index in [2.05, 4.69) is 17.1 Å². The first kappa shape index (κ1) is 22.5. The molecule has 2 fully saturated rings. The van der Waals surface area contributed by atoms with Crippen molar-refractivity contribution in [3.05, 3.63) is 71.8 Å². The van der Waals surface area contributed by atoms with Crippen LogP contribution < -0.4 is 10.2 Å². The summed E-state index contributed by atoms with van der Waals surface area (Å²) in [5.74, 6) is 0.582. The van der Waals surface area contributed by atoms with Crippen molar-refractivity contribution in [2.45, 2.75) is 39.0 Å². The van der Waals surface area contributed by atoms with E-state index in [0.717, 1.165) is 68.3 Å². The lowest BCUT2D eigenvalue weighted by atomic mass is 9.98. The average molecular weight is 456 g/mol. The Morgan fingerprint density at radius 1 is 0.824 bits per heavy atom. The lowest BCUT2D eigenvalue weighted by molar-refractivity contribution is 0.0697. The van der Waals surface area contributed by atoms with Crippen LogP contribution in [0.2, 0.25) is 0 Å². The molecule has 0 radical (unpaired) electrons. The van der Waals surface area contributed by atoms with Crippen molar-refractivity contribution < 1.29 is 9.59 Å². The van der Waals surface area contributed by atoms with Gasteiger partial charge in [0, 0.05) is 43.1 Å². The summed E-state index contributed by atoms with van der Waals surface area (Å²) in [4.78, 5) is 31.2. The van der Waals surface area contributed by atoms with Crippen LogP contribution in [0.1, 0.15) is 59.7 Å². The van der Waals surface area contributed by atoms with Crippen molar-refractivity contribution in [3.8, 4) is 0 Å². The third-order valence-corrected chi connectivity index (χ3v) is 7.29. The highest BCUT2D eigenvalue weighted by Gasteiger charge is 2.26. The van der Waals surface area contributed by atoms with Gasteiger partial charge in [-0.1, -0.05) is 43.3 Å². The number of carbonyl (C=O) groups excluding carboxylic acids is 2. The van der Waals surface area contributed by atoms with Gasteiger partial charge in [-0.05, 0) is 73.1 Å². The van der Waals surface area contributed by atoms with E-state index in [0.29, 0.717) is 22.7 Å². The molecule has 34 heavy (non-hydrogen) atoms. The molecule has 3 aromatic carbocycles. The fourth-order valence-electron chi connectivity index (χ4n) is 5.20. The van der Waals surface area contributed by atoms with E-state index in [1.165, 1.54) is 6.42 Å². The Balaban J connectivity index is 1.45. The summed E-state index contributed by atoms with van der Waals surface area (Å²) in [5, 5.41) is 5.01. The van der Waals surface area contributed by atoms with Crippen LogP contribution in [0, 0.1) is 5.92 Å². The quantitative estimate of drug-likeness (QED) is 0.529. The van der Waals surface area contributed by atoms with Crippen molar-refractivity contribution >= 4 is 34.0 Å². The maximum atomic E-state index is 13.6. The van der Waals surface area contributed by atoms with Crippen LogP contribution in [0.4, 0.5) is 11.4 Å². The van der Waals surface area contributed by atoms with Gasteiger partial charge in [-0.15, -0.1) is 0 Å². The predicted octanol–water partition coefficient (Wildman–Crippen LogP) is 5.95. The minimum absolute atomic E-state index is 0.0775. The molecule has 2 aliphatic rings. The van der Waals surface area contributed by atoms with Crippen molar-refractivity contribution in [2.24, 2.45) is 5.92 Å². The number of benzene rings is 3. The smallest absolute Gasteiger partial charge is 0.256 e. The molecule has 2 amide bonds. The highest BCUT2D eigenvalue weighted by atomic mass is 16.2. The molecule has 0 aromatic heterocycles. The number of amides is 2. The molecular formula is C29H33N3O2. The Labute approximate surface area is 201 Å². The minimum Gasteiger partial charge on any atom is -0.371 e. The molecule has 5 rings (SSSR count). The van der Waals surface area contributed by atoms with Crippen LogP contribution in [0.25, 0.3) is 10.8 Å². The van der Waals surface area contributed by atoms with E-state index in [1.54, 1.807) is 0 Å². The monoisotopic (exact) mass is 455 g/mol. The first-order chi connectivity index (χ1) is 16.6. The number of carbonyl (C=O) groups is 2. The van der Waals surface area contributed by atoms with E-state index < -0.39 is 0 Å². The zero-order valence-electron chi connectivity index (χ0n) is 19.9. The molecule has 0 spiro atoms. The largest absolute Gasteiger partial charge is 0.371 e. The lowest BCUT2D eigenvalue weighted by Gasteiger charge is -2.34. The van der Waals surface area contributed by atoms with Gasteiger partial charge in [0.05, 0.1) is 5.56 Å². The lowest BCUT2D eigenvalue weighted by Crippen LogP contribution is -2.39. The Hall–Kier alpha value is -3.34. The molecule has 3 aromatic rings. The molecule has 0 aliphatic carbocycles. The summed E-state index contributed by atoms with van der Waals surface area (Å²) >= 11 is 0. The molecular weight excluding hydrogens is 422 g/mol. The van der Waals surface area contributed by atoms with Gasteiger partial charge in [-0.25, -0.2) is 0 Å². The molecule has 176 valence electrons. The molecule has 2 saturated heterocycles. The van der Waals surface area contributed by atoms with Crippen LogP contribution in [0.5, 0.6) is 0 Å². The van der Waals surface area contributed by atoms with Crippen LogP contribution in [0.15, 0.2) is 60.7 Å². The number of nitrogens with zero attached hydrogens (tertiary/aromatic N) is 2. The topological polar surface area (TPSA) is 52.7 Å². The molecule has 1 N–H and O–H groups in total. The predicted molar refractivity (Wildman–Crippen MR) is 139 cm³/mol. The van der Waals surface area contributed by atoms with Crippen molar-refractivity contribution in [1.29, 1.82) is 0 Å². The number of hydrogen-bond acceptors (Lipinski definition) is 3. The summed E-state index contributed by atoms with van der Waals surface area (Å²) in [6, 6.07) is 19.5. The number of likely N-dealkylation sites (tertiary alicyclic amines) is 1. The highest BCUT2D eigenvalue weighted by Crippen LogP contribution is 2.30. The van der Waals surface area contributed by atoms with Gasteiger partial charge in [0.15, 0.2) is 0 Å². The molecule has 5 heteroatoms. The fraction of sp³-hybridized carbons (Fsp3) is 0.379. The maximum absolute atomic E-state index is 13.6. The molecule has 0 unspecified atom stereocenters. The Bertz CT molecular complexity index is 1190. The summed E-state index contributed by atoms with van der Waals surface area (Å²) in [7, 11) is 0. The zero-order chi connectivity index (χ0) is 23.5. The van der Waals surface area contributed by atoms with Gasteiger partial charge in [0.2, 0.25) is 0 Å². The fourth-order valence-corrected chi connectivity index (χ4v) is 5.20. The normalized spacial score (nSPS) is 17.1. The number of rotatable bonds is 4. The van der Waals surface area contributed by atoms with Crippen LogP contribution >= 0.6 is 0 Å². The van der Waals surface area contributed by atoms with E-state index in [-0.39, 0.29) is 11.8 Å². The standard InChI is InChI=1S/C29H33N3O2/c1-21-14-18-32(19-15-21)29(34)26-20-23(12-13-27(26)31-16-5-2-6-17-31)30-28(33)25-11-7-9-22-8-3-4-10-24(22)25/h3-4,7-13,20-21H,2,5-6,14-19H2,1H3,(H,30,33). The summed E-state index contributed by atoms with van der Waals surface area (Å²) in [6.07, 6.45) is 5.62. The molecule has 0 bridgehead atoms. The molecule has 2 aliphatic heterocycles. The number of piperidine rings is 2. The summed E-state index contributed by atoms with van der Waals surface area (Å²) < 4.78 is 0. The van der Waals surface area contributed by atoms with Gasteiger partial charge >= 0.3 is 0 Å². The Morgan fingerprint density at radius 2 is 1.56 bits per heavy atom. The number of fused-ring (bicyclic) bond motifs is 1. The van der Waals surface area contributed by atoms with Crippen LogP contribution in [0.3, 0.4) is 0 Å². The zero-order valence-corrected chi connectivity index (χ0v) is 19.9. The Kier molecular flexibility index (Phi) is 6.52. The first-order valence-electron chi connectivity index (χ1n) is 12.6. The molecule has 5 nitrogen and oxygen atoms in total. The summed E-state index contributed by atoms with van der Waals surface area (Å²) in [5.41, 5.74) is 2.99. The number of hydrogen-bond donors (Lipinski definition) is 1. The Morgan fingerprint density at radius 3 is 2.35 bits per heavy atom. The van der Waals surface area contributed by atoms with E-state index in [1.807, 2.05) is 65.6 Å². The average Bonchev–Trinajstić information content (AvgIpc) is 2.89. The van der Waals surface area contributed by atoms with Gasteiger partial charge in [0.1, 0.15) is 0 Å². The second-order valence-corrected chi connectivity index (χ2v) is 9.74. The van der Waals surface area contributed by atoms with Crippen LogP contribution in [-0.2, 0) is 0 Å². The van der Waals surface area contributed by atoms with Gasteiger partial charge in [-0.2, -0.15) is 0 Å². The summed E-state index contributed by atoms with van der Waals surface area (Å²) in [6.45, 7) is 5.79. The van der Waals surface area contributed by atoms with Crippen LogP contribution in [-0.4, -0.2) is 42.9 Å². The highest BCUT2D eigenvalue weighted by molar-refractivity contribution is 6.13. The van der Waals surface area contributed by atoms with E-state index >= 15 is 0 Å². The molecule has 0 saturated carbocycles. The van der Waals surface area contributed by atoms with E-state index in [9.17, 15) is 9.59 Å². The van der Waals surface area contributed by atoms with Gasteiger partial charge in [-0.3, -0.25) is 9.59 Å². The SMILES string of the molecule is CC1CCN(C(=O)c2cc(NC(=O)c3cccc4ccccc34)ccc2N2CCCCC2)CC1. The first-order valence-corrected chi connectivity index (χ1v) is 12.6.